The molecule has 1 heterocycles. The molecule has 0 saturated carbocycles. The summed E-state index contributed by atoms with van der Waals surface area (Å²) in [5.41, 5.74) is 0.720. The summed E-state index contributed by atoms with van der Waals surface area (Å²) >= 11 is 4.58. The molecule has 0 amide bonds. The molecule has 1 aromatic heterocycles. The number of rotatable bonds is 2. The predicted molar refractivity (Wildman–Crippen MR) is 64.2 cm³/mol. The van der Waals surface area contributed by atoms with Crippen LogP contribution < -0.4 is 0 Å². The standard InChI is InChI=1S/C11H8BrF3S/c12-9(5-11(13,14)15)8-6-16-10-4-2-1-3-7(8)10/h1-4,6,9H,5H2. The third-order valence-electron chi connectivity index (χ3n) is 2.26. The lowest BCUT2D eigenvalue weighted by Crippen LogP contribution is -2.10. The van der Waals surface area contributed by atoms with Gasteiger partial charge in [0.15, 0.2) is 0 Å². The fraction of sp³-hybridized carbons (Fsp3) is 0.273. The van der Waals surface area contributed by atoms with Crippen molar-refractivity contribution < 1.29 is 13.2 Å². The van der Waals surface area contributed by atoms with Crippen LogP contribution in [0.15, 0.2) is 29.6 Å². The number of hydrogen-bond donors (Lipinski definition) is 0. The maximum Gasteiger partial charge on any atom is 0.390 e. The van der Waals surface area contributed by atoms with E-state index in [1.54, 1.807) is 5.38 Å². The van der Waals surface area contributed by atoms with E-state index < -0.39 is 17.4 Å². The fourth-order valence-electron chi connectivity index (χ4n) is 1.55. The van der Waals surface area contributed by atoms with Gasteiger partial charge in [-0.3, -0.25) is 0 Å². The Bertz CT molecular complexity index is 489. The van der Waals surface area contributed by atoms with Crippen molar-refractivity contribution in [1.82, 2.24) is 0 Å². The second-order valence-corrected chi connectivity index (χ2v) is 5.49. The number of alkyl halides is 4. The van der Waals surface area contributed by atoms with Gasteiger partial charge in [-0.15, -0.1) is 11.3 Å². The van der Waals surface area contributed by atoms with Crippen LogP contribution in [0.5, 0.6) is 0 Å². The quantitative estimate of drug-likeness (QED) is 0.661. The maximum atomic E-state index is 12.3. The minimum absolute atomic E-state index is 0.663. The molecule has 0 bridgehead atoms. The first kappa shape index (κ1) is 11.9. The largest absolute Gasteiger partial charge is 0.390 e. The molecule has 2 rings (SSSR count). The molecule has 0 aliphatic heterocycles. The Morgan fingerprint density at radius 1 is 1.25 bits per heavy atom. The van der Waals surface area contributed by atoms with E-state index in [1.807, 2.05) is 24.3 Å². The van der Waals surface area contributed by atoms with Gasteiger partial charge in [-0.25, -0.2) is 0 Å². The lowest BCUT2D eigenvalue weighted by Gasteiger charge is -2.11. The number of hydrogen-bond acceptors (Lipinski definition) is 1. The highest BCUT2D eigenvalue weighted by Gasteiger charge is 2.32. The van der Waals surface area contributed by atoms with E-state index in [0.29, 0.717) is 0 Å². The van der Waals surface area contributed by atoms with Gasteiger partial charge in [0, 0.05) is 9.53 Å². The number of thiophene rings is 1. The topological polar surface area (TPSA) is 0 Å². The predicted octanol–water partition coefficient (Wildman–Crippen LogP) is 5.29. The molecular formula is C11H8BrF3S. The van der Waals surface area contributed by atoms with Gasteiger partial charge in [-0.05, 0) is 22.4 Å². The average molecular weight is 309 g/mol. The van der Waals surface area contributed by atoms with Gasteiger partial charge >= 0.3 is 6.18 Å². The molecule has 0 saturated heterocycles. The summed E-state index contributed by atoms with van der Waals surface area (Å²) in [4.78, 5) is -0.663. The molecule has 16 heavy (non-hydrogen) atoms. The summed E-state index contributed by atoms with van der Waals surface area (Å²) in [6, 6.07) is 7.49. The minimum Gasteiger partial charge on any atom is -0.171 e. The number of fused-ring (bicyclic) bond motifs is 1. The Hall–Kier alpha value is -0.550. The molecule has 2 aromatic rings. The summed E-state index contributed by atoms with van der Waals surface area (Å²) in [5.74, 6) is 0. The summed E-state index contributed by atoms with van der Waals surface area (Å²) in [6.07, 6.45) is -4.98. The van der Waals surface area contributed by atoms with Crippen molar-refractivity contribution in [2.75, 3.05) is 0 Å². The number of halogens is 4. The fourth-order valence-corrected chi connectivity index (χ4v) is 3.49. The van der Waals surface area contributed by atoms with E-state index in [2.05, 4.69) is 15.9 Å². The van der Waals surface area contributed by atoms with E-state index in [0.717, 1.165) is 15.6 Å². The first-order valence-corrected chi connectivity index (χ1v) is 6.44. The van der Waals surface area contributed by atoms with Crippen molar-refractivity contribution in [3.8, 4) is 0 Å². The summed E-state index contributed by atoms with van der Waals surface area (Å²) < 4.78 is 37.8. The van der Waals surface area contributed by atoms with Gasteiger partial charge in [0.05, 0.1) is 6.42 Å². The van der Waals surface area contributed by atoms with E-state index in [1.165, 1.54) is 11.3 Å². The van der Waals surface area contributed by atoms with Crippen LogP contribution in [-0.2, 0) is 0 Å². The van der Waals surface area contributed by atoms with Crippen molar-refractivity contribution in [3.63, 3.8) is 0 Å². The summed E-state index contributed by atoms with van der Waals surface area (Å²) in [6.45, 7) is 0. The monoisotopic (exact) mass is 308 g/mol. The zero-order valence-corrected chi connectivity index (χ0v) is 10.5. The van der Waals surface area contributed by atoms with Crippen LogP contribution in [-0.4, -0.2) is 6.18 Å². The van der Waals surface area contributed by atoms with Crippen LogP contribution >= 0.6 is 27.3 Å². The molecule has 0 spiro atoms. The maximum absolute atomic E-state index is 12.3. The Morgan fingerprint density at radius 2 is 1.94 bits per heavy atom. The first-order valence-electron chi connectivity index (χ1n) is 4.64. The van der Waals surface area contributed by atoms with Crippen molar-refractivity contribution in [2.24, 2.45) is 0 Å². The zero-order chi connectivity index (χ0) is 11.8. The normalized spacial score (nSPS) is 14.2. The minimum atomic E-state index is -4.14. The smallest absolute Gasteiger partial charge is 0.171 e. The Morgan fingerprint density at radius 3 is 2.62 bits per heavy atom. The highest BCUT2D eigenvalue weighted by atomic mass is 79.9. The van der Waals surface area contributed by atoms with Crippen molar-refractivity contribution in [1.29, 1.82) is 0 Å². The van der Waals surface area contributed by atoms with E-state index >= 15 is 0 Å². The van der Waals surface area contributed by atoms with Crippen molar-refractivity contribution >= 4 is 37.4 Å². The lowest BCUT2D eigenvalue weighted by molar-refractivity contribution is -0.134. The van der Waals surface area contributed by atoms with Crippen LogP contribution in [0, 0.1) is 0 Å². The van der Waals surface area contributed by atoms with E-state index in [9.17, 15) is 13.2 Å². The second kappa shape index (κ2) is 4.37. The zero-order valence-electron chi connectivity index (χ0n) is 8.09. The van der Waals surface area contributed by atoms with Gasteiger partial charge in [0.1, 0.15) is 0 Å². The molecular weight excluding hydrogens is 301 g/mol. The lowest BCUT2D eigenvalue weighted by atomic mass is 10.1. The molecule has 0 N–H and O–H groups in total. The number of benzene rings is 1. The summed E-state index contributed by atoms with van der Waals surface area (Å²) in [5, 5.41) is 2.69. The molecule has 0 aliphatic carbocycles. The molecule has 5 heteroatoms. The van der Waals surface area contributed by atoms with Crippen LogP contribution in [0.4, 0.5) is 13.2 Å². The van der Waals surface area contributed by atoms with E-state index in [4.69, 9.17) is 0 Å². The molecule has 1 unspecified atom stereocenters. The molecule has 1 aromatic carbocycles. The van der Waals surface area contributed by atoms with Crippen LogP contribution in [0.3, 0.4) is 0 Å². The highest BCUT2D eigenvalue weighted by molar-refractivity contribution is 9.09. The van der Waals surface area contributed by atoms with Gasteiger partial charge in [-0.1, -0.05) is 34.1 Å². The molecule has 0 radical (unpaired) electrons. The van der Waals surface area contributed by atoms with Gasteiger partial charge in [0.2, 0.25) is 0 Å². The van der Waals surface area contributed by atoms with E-state index in [-0.39, 0.29) is 0 Å². The van der Waals surface area contributed by atoms with Crippen LogP contribution in [0.1, 0.15) is 16.8 Å². The third kappa shape index (κ3) is 2.58. The van der Waals surface area contributed by atoms with Gasteiger partial charge in [0.25, 0.3) is 0 Å². The van der Waals surface area contributed by atoms with Gasteiger partial charge < -0.3 is 0 Å². The van der Waals surface area contributed by atoms with Crippen molar-refractivity contribution in [3.05, 3.63) is 35.2 Å². The Kier molecular flexibility index (Phi) is 3.26. The molecule has 86 valence electrons. The van der Waals surface area contributed by atoms with Gasteiger partial charge in [-0.2, -0.15) is 13.2 Å². The van der Waals surface area contributed by atoms with Crippen molar-refractivity contribution in [2.45, 2.75) is 17.4 Å². The molecule has 1 atom stereocenters. The first-order chi connectivity index (χ1) is 7.47. The SMILES string of the molecule is FC(F)(F)CC(Br)c1csc2ccccc12. The molecule has 0 nitrogen and oxygen atoms in total. The third-order valence-corrected chi connectivity index (χ3v) is 4.06. The Balaban J connectivity index is 2.33. The molecule has 0 aliphatic rings. The summed E-state index contributed by atoms with van der Waals surface area (Å²) in [7, 11) is 0. The van der Waals surface area contributed by atoms with Crippen LogP contribution in [0.2, 0.25) is 0 Å². The average Bonchev–Trinajstić information content (AvgIpc) is 2.58. The highest BCUT2D eigenvalue weighted by Crippen LogP contribution is 2.40. The second-order valence-electron chi connectivity index (χ2n) is 3.47. The molecule has 0 fully saturated rings. The Labute approximate surface area is 103 Å². The van der Waals surface area contributed by atoms with Crippen LogP contribution in [0.25, 0.3) is 10.1 Å².